The molecule has 0 saturated carbocycles. The zero-order valence-electron chi connectivity index (χ0n) is 16.4. The van der Waals surface area contributed by atoms with E-state index >= 15 is 0 Å². The van der Waals surface area contributed by atoms with Gasteiger partial charge in [-0.05, 0) is 36.0 Å². The summed E-state index contributed by atoms with van der Waals surface area (Å²) in [5.74, 6) is -0.544. The van der Waals surface area contributed by atoms with Gasteiger partial charge in [0.1, 0.15) is 11.5 Å². The maximum absolute atomic E-state index is 13.0. The first-order valence-electron chi connectivity index (χ1n) is 8.80. The smallest absolute Gasteiger partial charge is 0.441 e. The van der Waals surface area contributed by atoms with E-state index in [0.717, 1.165) is 0 Å². The van der Waals surface area contributed by atoms with Crippen molar-refractivity contribution >= 4 is 51.4 Å². The standard InChI is InChI=1S/C19H13ClF3N5O3S/c1-30-13-8-14(31-2)12(7-11(13)20)27-5-3-4-9(27)6-10-15(24)28-18(25-16(10)29)32-17(26-28)19(21,22)23/h3-8,24H,1-2H3/b10-6-,24-15?. The Morgan fingerprint density at radius 3 is 2.59 bits per heavy atom. The Hall–Kier alpha value is -3.25. The molecule has 0 radical (unpaired) electrons. The van der Waals surface area contributed by atoms with Crippen LogP contribution in [0, 0.1) is 5.41 Å². The zero-order chi connectivity index (χ0) is 23.2. The van der Waals surface area contributed by atoms with Crippen LogP contribution < -0.4 is 9.47 Å². The highest BCUT2D eigenvalue weighted by Crippen LogP contribution is 2.37. The molecule has 32 heavy (non-hydrogen) atoms. The summed E-state index contributed by atoms with van der Waals surface area (Å²) >= 11 is 6.44. The minimum atomic E-state index is -4.71. The summed E-state index contributed by atoms with van der Waals surface area (Å²) in [6.07, 6.45) is -1.70. The molecule has 2 aliphatic rings. The number of amidine groups is 2. The van der Waals surface area contributed by atoms with E-state index in [1.807, 2.05) is 0 Å². The number of amides is 1. The molecule has 0 unspecified atom stereocenters. The SMILES string of the molecule is COc1cc(OC)c(-n2cccc2/C=C2/C(=N)N3N=C(C(F)(F)F)SC3=NC2=O)cc1Cl. The number of methoxy groups -OCH3 is 2. The van der Waals surface area contributed by atoms with Crippen molar-refractivity contribution in [2.75, 3.05) is 14.2 Å². The minimum Gasteiger partial charge on any atom is -0.495 e. The molecular formula is C19H13ClF3N5O3S. The fraction of sp³-hybridized carbons (Fsp3) is 0.158. The predicted octanol–water partition coefficient (Wildman–Crippen LogP) is 4.33. The number of fused-ring (bicyclic) bond motifs is 1. The molecule has 3 heterocycles. The van der Waals surface area contributed by atoms with E-state index < -0.39 is 23.0 Å². The number of rotatable bonds is 4. The topological polar surface area (TPSA) is 92.3 Å². The van der Waals surface area contributed by atoms with Crippen molar-refractivity contribution in [1.82, 2.24) is 9.58 Å². The Balaban J connectivity index is 1.76. The highest BCUT2D eigenvalue weighted by Gasteiger charge is 2.46. The van der Waals surface area contributed by atoms with Gasteiger partial charge >= 0.3 is 6.18 Å². The molecule has 4 rings (SSSR count). The molecule has 1 N–H and O–H groups in total. The maximum Gasteiger partial charge on any atom is 0.441 e. The van der Waals surface area contributed by atoms with Gasteiger partial charge in [0.2, 0.25) is 10.2 Å². The molecule has 13 heteroatoms. The lowest BCUT2D eigenvalue weighted by Gasteiger charge is -2.20. The van der Waals surface area contributed by atoms with Crippen molar-refractivity contribution < 1.29 is 27.4 Å². The number of aromatic nitrogens is 1. The average Bonchev–Trinajstić information content (AvgIpc) is 3.37. The predicted molar refractivity (Wildman–Crippen MR) is 115 cm³/mol. The second-order valence-electron chi connectivity index (χ2n) is 6.38. The van der Waals surface area contributed by atoms with Crippen LogP contribution in [0.25, 0.3) is 11.8 Å². The van der Waals surface area contributed by atoms with Crippen LogP contribution in [0.3, 0.4) is 0 Å². The summed E-state index contributed by atoms with van der Waals surface area (Å²) < 4.78 is 51.2. The number of hydrogen-bond donors (Lipinski definition) is 1. The van der Waals surface area contributed by atoms with Crippen LogP contribution in [0.1, 0.15) is 5.69 Å². The third-order valence-electron chi connectivity index (χ3n) is 4.48. The number of benzene rings is 1. The van der Waals surface area contributed by atoms with Crippen molar-refractivity contribution in [3.8, 4) is 17.2 Å². The molecule has 0 bridgehead atoms. The van der Waals surface area contributed by atoms with Crippen LogP contribution in [-0.4, -0.2) is 51.9 Å². The first-order chi connectivity index (χ1) is 15.1. The van der Waals surface area contributed by atoms with E-state index in [1.165, 1.54) is 20.3 Å². The Labute approximate surface area is 188 Å². The van der Waals surface area contributed by atoms with Crippen molar-refractivity contribution in [2.45, 2.75) is 6.18 Å². The normalized spacial score (nSPS) is 17.4. The molecular weight excluding hydrogens is 471 g/mol. The van der Waals surface area contributed by atoms with Gasteiger partial charge in [-0.1, -0.05) is 11.6 Å². The molecule has 0 aliphatic carbocycles. The van der Waals surface area contributed by atoms with E-state index in [1.54, 1.807) is 35.0 Å². The number of nitrogens with one attached hydrogen (secondary N) is 1. The molecule has 0 spiro atoms. The molecule has 1 amide bonds. The van der Waals surface area contributed by atoms with E-state index in [9.17, 15) is 18.0 Å². The lowest BCUT2D eigenvalue weighted by atomic mass is 10.1. The molecule has 1 aromatic heterocycles. The van der Waals surface area contributed by atoms with Crippen molar-refractivity contribution in [3.05, 3.63) is 46.8 Å². The molecule has 2 aliphatic heterocycles. The van der Waals surface area contributed by atoms with Gasteiger partial charge in [0.15, 0.2) is 5.84 Å². The number of hydrogen-bond acceptors (Lipinski definition) is 6. The van der Waals surface area contributed by atoms with Gasteiger partial charge in [0.25, 0.3) is 5.91 Å². The third-order valence-corrected chi connectivity index (χ3v) is 5.73. The van der Waals surface area contributed by atoms with Gasteiger partial charge in [0.05, 0.1) is 30.5 Å². The maximum atomic E-state index is 13.0. The van der Waals surface area contributed by atoms with Crippen LogP contribution in [0.15, 0.2) is 46.1 Å². The summed E-state index contributed by atoms with van der Waals surface area (Å²) in [5.41, 5.74) is 0.728. The van der Waals surface area contributed by atoms with Crippen LogP contribution in [0.5, 0.6) is 11.5 Å². The van der Waals surface area contributed by atoms with Crippen molar-refractivity contribution in [1.29, 1.82) is 5.41 Å². The molecule has 1 aromatic carbocycles. The molecule has 0 atom stereocenters. The number of thioether (sulfide) groups is 1. The highest BCUT2D eigenvalue weighted by atomic mass is 35.5. The quantitative estimate of drug-likeness (QED) is 0.653. The summed E-state index contributed by atoms with van der Waals surface area (Å²) in [7, 11) is 2.93. The number of carbonyl (C=O) groups is 1. The number of hydrazone groups is 1. The highest BCUT2D eigenvalue weighted by molar-refractivity contribution is 8.27. The monoisotopic (exact) mass is 483 g/mol. The number of halogens is 4. The lowest BCUT2D eigenvalue weighted by molar-refractivity contribution is -0.114. The Morgan fingerprint density at radius 2 is 1.94 bits per heavy atom. The second kappa shape index (κ2) is 8.02. The third kappa shape index (κ3) is 3.75. The molecule has 0 saturated heterocycles. The van der Waals surface area contributed by atoms with Gasteiger partial charge in [-0.2, -0.15) is 28.3 Å². The average molecular weight is 484 g/mol. The van der Waals surface area contributed by atoms with Crippen molar-refractivity contribution in [3.63, 3.8) is 0 Å². The summed E-state index contributed by atoms with van der Waals surface area (Å²) in [4.78, 5) is 16.2. The van der Waals surface area contributed by atoms with Crippen LogP contribution >= 0.6 is 23.4 Å². The van der Waals surface area contributed by atoms with Crippen LogP contribution in [-0.2, 0) is 4.79 Å². The molecule has 2 aromatic rings. The van der Waals surface area contributed by atoms with Gasteiger partial charge in [0, 0.05) is 18.0 Å². The van der Waals surface area contributed by atoms with E-state index in [-0.39, 0.29) is 22.5 Å². The first-order valence-corrected chi connectivity index (χ1v) is 10.00. The van der Waals surface area contributed by atoms with Crippen LogP contribution in [0.4, 0.5) is 13.2 Å². The fourth-order valence-corrected chi connectivity index (χ4v) is 4.01. The number of alkyl halides is 3. The largest absolute Gasteiger partial charge is 0.495 e. The summed E-state index contributed by atoms with van der Waals surface area (Å²) in [5, 5.41) is 11.1. The molecule has 0 fully saturated rings. The van der Waals surface area contributed by atoms with Crippen LogP contribution in [0.2, 0.25) is 5.02 Å². The van der Waals surface area contributed by atoms with E-state index in [0.29, 0.717) is 32.9 Å². The fourth-order valence-electron chi connectivity index (χ4n) is 3.02. The second-order valence-corrected chi connectivity index (χ2v) is 7.75. The van der Waals surface area contributed by atoms with E-state index in [4.69, 9.17) is 26.5 Å². The zero-order valence-corrected chi connectivity index (χ0v) is 18.0. The summed E-state index contributed by atoms with van der Waals surface area (Å²) in [6.45, 7) is 0. The van der Waals surface area contributed by atoms with Gasteiger partial charge < -0.3 is 14.0 Å². The Morgan fingerprint density at radius 1 is 1.22 bits per heavy atom. The number of ether oxygens (including phenoxy) is 2. The Bertz CT molecular complexity index is 1240. The van der Waals surface area contributed by atoms with Gasteiger partial charge in [-0.25, -0.2) is 0 Å². The van der Waals surface area contributed by atoms with Gasteiger partial charge in [-0.3, -0.25) is 10.2 Å². The number of carbonyl (C=O) groups excluding carboxylic acids is 1. The number of nitrogens with zero attached hydrogens (tertiary/aromatic N) is 4. The van der Waals surface area contributed by atoms with Gasteiger partial charge in [-0.15, -0.1) is 0 Å². The minimum absolute atomic E-state index is 0.193. The number of aliphatic imine (C=N–C) groups is 1. The Kier molecular flexibility index (Phi) is 5.51. The van der Waals surface area contributed by atoms with Crippen molar-refractivity contribution in [2.24, 2.45) is 10.1 Å². The molecule has 166 valence electrons. The lowest BCUT2D eigenvalue weighted by Crippen LogP contribution is -2.35. The molecule has 8 nitrogen and oxygen atoms in total. The summed E-state index contributed by atoms with van der Waals surface area (Å²) in [6, 6.07) is 6.52. The van der Waals surface area contributed by atoms with E-state index in [2.05, 4.69) is 10.1 Å². The first kappa shape index (κ1) is 22.0.